The van der Waals surface area contributed by atoms with Crippen molar-refractivity contribution in [1.29, 1.82) is 0 Å². The smallest absolute Gasteiger partial charge is 0.0651 e. The van der Waals surface area contributed by atoms with Crippen LogP contribution in [0.1, 0.15) is 24.5 Å². The summed E-state index contributed by atoms with van der Waals surface area (Å²) in [5, 5.41) is 0. The Morgan fingerprint density at radius 1 is 1.18 bits per heavy atom. The van der Waals surface area contributed by atoms with Crippen LogP contribution in [-0.4, -0.2) is 23.1 Å². The summed E-state index contributed by atoms with van der Waals surface area (Å²) in [6.45, 7) is 6.01. The Morgan fingerprint density at radius 2 is 1.73 bits per heavy atom. The fourth-order valence-corrected chi connectivity index (χ4v) is 0.995. The van der Waals surface area contributed by atoms with Crippen molar-refractivity contribution in [2.24, 2.45) is 0 Å². The van der Waals surface area contributed by atoms with Gasteiger partial charge in [0.15, 0.2) is 0 Å². The topological polar surface area (TPSA) is 0 Å². The highest BCUT2D eigenvalue weighted by Crippen LogP contribution is 2.04. The summed E-state index contributed by atoms with van der Waals surface area (Å²) in [5.41, 5.74) is 2.51. The molecule has 1 radical (unpaired) electrons. The van der Waals surface area contributed by atoms with Crippen molar-refractivity contribution in [3.63, 3.8) is 0 Å². The molecule has 0 aliphatic rings. The minimum absolute atomic E-state index is 0. The lowest BCUT2D eigenvalue weighted by atomic mass is 10.1. The molecule has 0 unspecified atom stereocenters. The van der Waals surface area contributed by atoms with Crippen LogP contribution in [0.15, 0.2) is 24.3 Å². The molecule has 0 amide bonds. The molecule has 1 aromatic carbocycles. The molecule has 0 saturated heterocycles. The van der Waals surface area contributed by atoms with E-state index in [9.17, 15) is 0 Å². The van der Waals surface area contributed by atoms with Crippen molar-refractivity contribution in [1.82, 2.24) is 0 Å². The third-order valence-corrected chi connectivity index (χ3v) is 1.56. The maximum absolute atomic E-state index is 3.82. The van der Waals surface area contributed by atoms with Crippen LogP contribution >= 0.6 is 0 Å². The molecule has 0 aliphatic carbocycles. The van der Waals surface area contributed by atoms with Crippen molar-refractivity contribution < 1.29 is 0 Å². The van der Waals surface area contributed by atoms with E-state index in [0.717, 1.165) is 5.56 Å². The van der Waals surface area contributed by atoms with E-state index in [1.807, 2.05) is 0 Å². The zero-order valence-corrected chi connectivity index (χ0v) is 6.43. The molecule has 0 bridgehead atoms. The molecule has 0 spiro atoms. The summed E-state index contributed by atoms with van der Waals surface area (Å²) < 4.78 is 0. The molecule has 0 aromatic heterocycles. The number of aryl methyl sites for hydroxylation is 1. The molecule has 0 atom stereocenters. The monoisotopic (exact) mass is 159 g/mol. The molecule has 57 valence electrons. The van der Waals surface area contributed by atoms with Gasteiger partial charge >= 0.3 is 23.1 Å². The van der Waals surface area contributed by atoms with Gasteiger partial charge in [0.25, 0.3) is 0 Å². The summed E-state index contributed by atoms with van der Waals surface area (Å²) in [7, 11) is 0. The Bertz CT molecular complexity index is 189. The van der Waals surface area contributed by atoms with Crippen LogP contribution < -0.4 is 0 Å². The van der Waals surface area contributed by atoms with Crippen LogP contribution in [0.2, 0.25) is 0 Å². The van der Waals surface area contributed by atoms with E-state index in [1.54, 1.807) is 0 Å². The van der Waals surface area contributed by atoms with Crippen LogP contribution in [-0.2, 0) is 6.42 Å². The average molecular weight is 160 g/mol. The van der Waals surface area contributed by atoms with Crippen LogP contribution in [0.5, 0.6) is 0 Å². The molecule has 1 heteroatoms. The average Bonchev–Trinajstić information content (AvgIpc) is 1.95. The Kier molecular flexibility index (Phi) is 5.61. The summed E-state index contributed by atoms with van der Waals surface area (Å²) >= 11 is 0. The Hall–Kier alpha value is -0.0138. The first kappa shape index (κ1) is 11.0. The summed E-state index contributed by atoms with van der Waals surface area (Å²) in [4.78, 5) is 0. The van der Waals surface area contributed by atoms with Gasteiger partial charge in [-0.3, -0.25) is 0 Å². The quantitative estimate of drug-likeness (QED) is 0.579. The van der Waals surface area contributed by atoms with Gasteiger partial charge in [0, 0.05) is 0 Å². The molecule has 1 rings (SSSR count). The molecule has 0 nitrogen and oxygen atoms in total. The molecular weight excluding hydrogens is 144 g/mol. The van der Waals surface area contributed by atoms with Crippen LogP contribution in [0, 0.1) is 6.92 Å². The third-order valence-electron chi connectivity index (χ3n) is 1.56. The molecule has 0 aliphatic heterocycles. The van der Waals surface area contributed by atoms with Gasteiger partial charge in [-0.05, 0) is 24.5 Å². The molecule has 0 heterocycles. The second-order valence-electron chi connectivity index (χ2n) is 2.57. The summed E-state index contributed by atoms with van der Waals surface area (Å²) in [6, 6.07) is 8.41. The van der Waals surface area contributed by atoms with E-state index in [-0.39, 0.29) is 23.1 Å². The van der Waals surface area contributed by atoms with E-state index in [1.165, 1.54) is 18.4 Å². The normalized spacial score (nSPS) is 8.91. The minimum atomic E-state index is 0. The zero-order valence-electron chi connectivity index (χ0n) is 6.43. The standard InChI is InChI=1S/C10H13.Mg.2H/c1-3-4-10-7-5-9(2)6-8-10;;;/h5-8H,2-4H2,1H3;;;. The van der Waals surface area contributed by atoms with Gasteiger partial charge in [-0.1, -0.05) is 37.6 Å². The van der Waals surface area contributed by atoms with Gasteiger partial charge in [-0.25, -0.2) is 0 Å². The number of rotatable bonds is 2. The van der Waals surface area contributed by atoms with E-state index in [2.05, 4.69) is 38.1 Å². The maximum Gasteiger partial charge on any atom is 0.316 e. The molecule has 0 saturated carbocycles. The van der Waals surface area contributed by atoms with E-state index in [4.69, 9.17) is 0 Å². The van der Waals surface area contributed by atoms with Crippen molar-refractivity contribution in [2.75, 3.05) is 0 Å². The second-order valence-corrected chi connectivity index (χ2v) is 2.57. The Balaban J connectivity index is 0.000001000. The van der Waals surface area contributed by atoms with Gasteiger partial charge in [-0.2, -0.15) is 0 Å². The van der Waals surface area contributed by atoms with Crippen molar-refractivity contribution >= 4 is 23.1 Å². The highest BCUT2D eigenvalue weighted by Gasteiger charge is 1.88. The minimum Gasteiger partial charge on any atom is -0.0651 e. The van der Waals surface area contributed by atoms with Gasteiger partial charge in [0.2, 0.25) is 0 Å². The molecule has 0 N–H and O–H groups in total. The summed E-state index contributed by atoms with van der Waals surface area (Å²) in [5.74, 6) is 0. The SMILES string of the molecule is [CH2]c1ccc(CCC)cc1.[MgH2]. The lowest BCUT2D eigenvalue weighted by molar-refractivity contribution is 0.921. The van der Waals surface area contributed by atoms with Crippen LogP contribution in [0.4, 0.5) is 0 Å². The summed E-state index contributed by atoms with van der Waals surface area (Å²) in [6.07, 6.45) is 2.40. The van der Waals surface area contributed by atoms with E-state index in [0.29, 0.717) is 0 Å². The molecule has 1 aromatic rings. The number of hydrogen-bond donors (Lipinski definition) is 0. The van der Waals surface area contributed by atoms with E-state index >= 15 is 0 Å². The van der Waals surface area contributed by atoms with Gasteiger partial charge in [0.05, 0.1) is 0 Å². The van der Waals surface area contributed by atoms with Crippen LogP contribution in [0.25, 0.3) is 0 Å². The predicted molar refractivity (Wildman–Crippen MR) is 53.4 cm³/mol. The number of hydrogen-bond acceptors (Lipinski definition) is 0. The first-order valence-electron chi connectivity index (χ1n) is 3.74. The molecule has 11 heavy (non-hydrogen) atoms. The van der Waals surface area contributed by atoms with Crippen LogP contribution in [0.3, 0.4) is 0 Å². The first-order valence-corrected chi connectivity index (χ1v) is 3.74. The lowest BCUT2D eigenvalue weighted by Crippen LogP contribution is -1.81. The van der Waals surface area contributed by atoms with E-state index < -0.39 is 0 Å². The van der Waals surface area contributed by atoms with Gasteiger partial charge < -0.3 is 0 Å². The second kappa shape index (κ2) is 5.61. The fourth-order valence-electron chi connectivity index (χ4n) is 0.995. The Labute approximate surface area is 85.2 Å². The third kappa shape index (κ3) is 3.78. The zero-order chi connectivity index (χ0) is 7.40. The first-order chi connectivity index (χ1) is 4.83. The largest absolute Gasteiger partial charge is 0.316 e. The van der Waals surface area contributed by atoms with Crippen molar-refractivity contribution in [3.8, 4) is 0 Å². The highest BCUT2D eigenvalue weighted by atomic mass is 24.3. The van der Waals surface area contributed by atoms with Crippen molar-refractivity contribution in [2.45, 2.75) is 19.8 Å². The maximum atomic E-state index is 3.82. The van der Waals surface area contributed by atoms with Gasteiger partial charge in [-0.15, -0.1) is 0 Å². The van der Waals surface area contributed by atoms with Crippen molar-refractivity contribution in [3.05, 3.63) is 42.3 Å². The Morgan fingerprint density at radius 3 is 2.18 bits per heavy atom. The highest BCUT2D eigenvalue weighted by molar-refractivity contribution is 5.75. The number of benzene rings is 1. The fraction of sp³-hybridized carbons (Fsp3) is 0.300. The van der Waals surface area contributed by atoms with Gasteiger partial charge in [0.1, 0.15) is 0 Å². The molecule has 0 fully saturated rings. The molecular formula is C10H15Mg. The predicted octanol–water partition coefficient (Wildman–Crippen LogP) is 1.91. The lowest BCUT2D eigenvalue weighted by Gasteiger charge is -1.97.